The molecule has 0 radical (unpaired) electrons. The number of unbranched alkanes of at least 4 members (excludes halogenated alkanes) is 2. The average molecular weight is 308 g/mol. The third kappa shape index (κ3) is 6.69. The van der Waals surface area contributed by atoms with Crippen LogP contribution in [-0.2, 0) is 16.1 Å². The van der Waals surface area contributed by atoms with E-state index < -0.39 is 0 Å². The number of nitrogens with one attached hydrogen (secondary N) is 2. The highest BCUT2D eigenvalue weighted by molar-refractivity contribution is 5.93. The summed E-state index contributed by atoms with van der Waals surface area (Å²) in [6.45, 7) is 4.39. The van der Waals surface area contributed by atoms with Gasteiger partial charge in [-0.25, -0.2) is 11.0 Å². The topological polar surface area (TPSA) is 87.7 Å². The molecule has 0 atom stereocenters. The second-order valence-corrected chi connectivity index (χ2v) is 5.19. The van der Waals surface area contributed by atoms with Gasteiger partial charge < -0.3 is 0 Å². The highest BCUT2D eigenvalue weighted by Crippen LogP contribution is 2.10. The van der Waals surface area contributed by atoms with E-state index in [2.05, 4.69) is 11.5 Å². The van der Waals surface area contributed by atoms with E-state index in [1.54, 1.807) is 5.48 Å². The Morgan fingerprint density at radius 1 is 1.18 bits per heavy atom. The molecular formula is C16H24N2O4. The highest BCUT2D eigenvalue weighted by atomic mass is 16.6. The number of carbonyl (C=O) groups is 2. The number of aryl methyl sites for hydroxylation is 2. The van der Waals surface area contributed by atoms with Crippen molar-refractivity contribution >= 4 is 11.8 Å². The maximum absolute atomic E-state index is 12.0. The van der Waals surface area contributed by atoms with Gasteiger partial charge in [0.2, 0.25) is 5.91 Å². The summed E-state index contributed by atoms with van der Waals surface area (Å²) >= 11 is 0. The van der Waals surface area contributed by atoms with Crippen molar-refractivity contribution in [2.24, 2.45) is 0 Å². The van der Waals surface area contributed by atoms with E-state index in [0.717, 1.165) is 30.4 Å². The molecule has 122 valence electrons. The van der Waals surface area contributed by atoms with E-state index in [9.17, 15) is 9.59 Å². The second-order valence-electron chi connectivity index (χ2n) is 5.19. The minimum atomic E-state index is -0.389. The lowest BCUT2D eigenvalue weighted by atomic mass is 10.0. The molecule has 2 amide bonds. The van der Waals surface area contributed by atoms with Crippen LogP contribution in [0.15, 0.2) is 18.2 Å². The lowest BCUT2D eigenvalue weighted by Crippen LogP contribution is -2.24. The summed E-state index contributed by atoms with van der Waals surface area (Å²) in [5.74, 6) is -0.640. The lowest BCUT2D eigenvalue weighted by Gasteiger charge is -2.08. The molecule has 22 heavy (non-hydrogen) atoms. The second kappa shape index (κ2) is 9.92. The molecule has 0 aromatic heterocycles. The zero-order valence-corrected chi connectivity index (χ0v) is 13.1. The van der Waals surface area contributed by atoms with Gasteiger partial charge in [-0.3, -0.25) is 19.6 Å². The van der Waals surface area contributed by atoms with Crippen molar-refractivity contribution in [1.82, 2.24) is 11.0 Å². The van der Waals surface area contributed by atoms with Crippen LogP contribution in [0.4, 0.5) is 0 Å². The number of hydrogen-bond acceptors (Lipinski definition) is 4. The summed E-state index contributed by atoms with van der Waals surface area (Å²) in [4.78, 5) is 27.9. The SMILES string of the molecule is CCc1cc(C)cc(C(=O)NOCCCCCC(=O)NO)c1. The maximum Gasteiger partial charge on any atom is 0.274 e. The van der Waals surface area contributed by atoms with E-state index in [-0.39, 0.29) is 18.2 Å². The Kier molecular flexibility index (Phi) is 8.17. The van der Waals surface area contributed by atoms with Crippen molar-refractivity contribution in [3.63, 3.8) is 0 Å². The molecule has 0 saturated carbocycles. The minimum absolute atomic E-state index is 0.252. The lowest BCUT2D eigenvalue weighted by molar-refractivity contribution is -0.129. The molecule has 0 fully saturated rings. The number of amides is 2. The Morgan fingerprint density at radius 2 is 1.95 bits per heavy atom. The number of hydrogen-bond donors (Lipinski definition) is 3. The zero-order valence-electron chi connectivity index (χ0n) is 13.1. The molecule has 0 aliphatic rings. The summed E-state index contributed by atoms with van der Waals surface area (Å²) in [6.07, 6.45) is 3.35. The first-order valence-electron chi connectivity index (χ1n) is 7.52. The summed E-state index contributed by atoms with van der Waals surface area (Å²) in [5.41, 5.74) is 6.78. The zero-order chi connectivity index (χ0) is 16.4. The largest absolute Gasteiger partial charge is 0.289 e. The van der Waals surface area contributed by atoms with Gasteiger partial charge in [-0.05, 0) is 43.9 Å². The normalized spacial score (nSPS) is 10.3. The quantitative estimate of drug-likeness (QED) is 0.371. The van der Waals surface area contributed by atoms with E-state index in [4.69, 9.17) is 10.0 Å². The molecule has 3 N–H and O–H groups in total. The van der Waals surface area contributed by atoms with E-state index in [0.29, 0.717) is 18.6 Å². The predicted octanol–water partition coefficient (Wildman–Crippen LogP) is 2.28. The third-order valence-electron chi connectivity index (χ3n) is 3.25. The summed E-state index contributed by atoms with van der Waals surface area (Å²) < 4.78 is 0. The maximum atomic E-state index is 12.0. The molecule has 6 heteroatoms. The molecule has 0 bridgehead atoms. The van der Waals surface area contributed by atoms with Crippen molar-refractivity contribution in [3.05, 3.63) is 34.9 Å². The fourth-order valence-corrected chi connectivity index (χ4v) is 2.07. The van der Waals surface area contributed by atoms with E-state index in [1.165, 1.54) is 0 Å². The molecule has 1 aromatic carbocycles. The van der Waals surface area contributed by atoms with Gasteiger partial charge in [0.1, 0.15) is 0 Å². The molecular weight excluding hydrogens is 284 g/mol. The Morgan fingerprint density at radius 3 is 2.64 bits per heavy atom. The van der Waals surface area contributed by atoms with Gasteiger partial charge in [0, 0.05) is 12.0 Å². The van der Waals surface area contributed by atoms with Crippen LogP contribution in [0.3, 0.4) is 0 Å². The fourth-order valence-electron chi connectivity index (χ4n) is 2.07. The molecule has 1 rings (SSSR count). The van der Waals surface area contributed by atoms with Crippen LogP contribution in [0.1, 0.15) is 54.1 Å². The monoisotopic (exact) mass is 308 g/mol. The molecule has 0 aliphatic carbocycles. The van der Waals surface area contributed by atoms with E-state index >= 15 is 0 Å². The van der Waals surface area contributed by atoms with Gasteiger partial charge in [0.15, 0.2) is 0 Å². The van der Waals surface area contributed by atoms with Crippen molar-refractivity contribution in [2.45, 2.75) is 46.0 Å². The smallest absolute Gasteiger partial charge is 0.274 e. The van der Waals surface area contributed by atoms with Crippen molar-refractivity contribution < 1.29 is 19.6 Å². The standard InChI is InChI=1S/C16H24N2O4/c1-3-13-9-12(2)10-14(11-13)16(20)18-22-8-6-4-5-7-15(19)17-21/h9-11,21H,3-8H2,1-2H3,(H,17,19)(H,18,20). The van der Waals surface area contributed by atoms with Crippen LogP contribution in [-0.4, -0.2) is 23.6 Å². The van der Waals surface area contributed by atoms with Gasteiger partial charge in [-0.15, -0.1) is 0 Å². The first-order valence-corrected chi connectivity index (χ1v) is 7.52. The van der Waals surface area contributed by atoms with E-state index in [1.807, 2.05) is 26.0 Å². The molecule has 0 heterocycles. The Balaban J connectivity index is 2.23. The fraction of sp³-hybridized carbons (Fsp3) is 0.500. The van der Waals surface area contributed by atoms with Crippen molar-refractivity contribution in [3.8, 4) is 0 Å². The third-order valence-corrected chi connectivity index (χ3v) is 3.25. The molecule has 0 unspecified atom stereocenters. The number of benzene rings is 1. The number of hydroxylamine groups is 2. The van der Waals surface area contributed by atoms with Gasteiger partial charge >= 0.3 is 0 Å². The molecule has 0 saturated heterocycles. The van der Waals surface area contributed by atoms with Crippen molar-refractivity contribution in [2.75, 3.05) is 6.61 Å². The van der Waals surface area contributed by atoms with Gasteiger partial charge in [-0.1, -0.05) is 25.0 Å². The Hall–Kier alpha value is -1.92. The Bertz CT molecular complexity index is 503. The first-order chi connectivity index (χ1) is 10.6. The van der Waals surface area contributed by atoms with Crippen LogP contribution in [0.5, 0.6) is 0 Å². The number of rotatable bonds is 9. The summed E-state index contributed by atoms with van der Waals surface area (Å²) in [6, 6.07) is 5.74. The molecule has 1 aromatic rings. The molecule has 0 spiro atoms. The molecule has 0 aliphatic heterocycles. The number of carbonyl (C=O) groups excluding carboxylic acids is 2. The van der Waals surface area contributed by atoms with Crippen LogP contribution in [0.25, 0.3) is 0 Å². The van der Waals surface area contributed by atoms with Gasteiger partial charge in [0.25, 0.3) is 5.91 Å². The molecule has 6 nitrogen and oxygen atoms in total. The van der Waals surface area contributed by atoms with Crippen molar-refractivity contribution in [1.29, 1.82) is 0 Å². The average Bonchev–Trinajstić information content (AvgIpc) is 2.52. The van der Waals surface area contributed by atoms with Crippen LogP contribution < -0.4 is 11.0 Å². The Labute approximate surface area is 130 Å². The first kappa shape index (κ1) is 18.1. The van der Waals surface area contributed by atoms with Crippen LogP contribution in [0.2, 0.25) is 0 Å². The van der Waals surface area contributed by atoms with Crippen LogP contribution >= 0.6 is 0 Å². The minimum Gasteiger partial charge on any atom is -0.289 e. The van der Waals surface area contributed by atoms with Crippen LogP contribution in [0, 0.1) is 6.92 Å². The van der Waals surface area contributed by atoms with Gasteiger partial charge in [-0.2, -0.15) is 0 Å². The predicted molar refractivity (Wildman–Crippen MR) is 82.4 cm³/mol. The summed E-state index contributed by atoms with van der Waals surface area (Å²) in [5, 5.41) is 8.33. The highest BCUT2D eigenvalue weighted by Gasteiger charge is 2.07. The van der Waals surface area contributed by atoms with Gasteiger partial charge in [0.05, 0.1) is 6.61 Å². The summed E-state index contributed by atoms with van der Waals surface area (Å²) in [7, 11) is 0.